The lowest BCUT2D eigenvalue weighted by atomic mass is 9.93. The maximum absolute atomic E-state index is 5.68. The molecule has 0 heterocycles. The first-order valence-corrected chi connectivity index (χ1v) is 6.54. The van der Waals surface area contributed by atoms with Gasteiger partial charge in [0.2, 0.25) is 0 Å². The second kappa shape index (κ2) is 6.88. The number of hydrogen-bond acceptors (Lipinski definition) is 3. The molecule has 18 heavy (non-hydrogen) atoms. The maximum atomic E-state index is 5.68. The highest BCUT2D eigenvalue weighted by Gasteiger charge is 2.23. The summed E-state index contributed by atoms with van der Waals surface area (Å²) in [5, 5.41) is 0. The molecule has 0 spiro atoms. The van der Waals surface area contributed by atoms with Gasteiger partial charge >= 0.3 is 0 Å². The fourth-order valence-electron chi connectivity index (χ4n) is 2.61. The van der Waals surface area contributed by atoms with Crippen molar-refractivity contribution in [3.63, 3.8) is 0 Å². The summed E-state index contributed by atoms with van der Waals surface area (Å²) in [5.41, 5.74) is 6.78. The van der Waals surface area contributed by atoms with Crippen LogP contribution >= 0.6 is 0 Å². The van der Waals surface area contributed by atoms with Gasteiger partial charge in [-0.1, -0.05) is 43.2 Å². The van der Waals surface area contributed by atoms with Crippen molar-refractivity contribution in [2.24, 2.45) is 11.8 Å². The molecule has 0 fully saturated rings. The van der Waals surface area contributed by atoms with Crippen molar-refractivity contribution in [3.05, 3.63) is 34.9 Å². The minimum atomic E-state index is 0.121. The minimum absolute atomic E-state index is 0.121. The van der Waals surface area contributed by atoms with E-state index in [9.17, 15) is 0 Å². The SMILES string of the molecule is COC(C(C)C)C(Cc1cc(C)cc(C)c1)NN. The summed E-state index contributed by atoms with van der Waals surface area (Å²) in [6.07, 6.45) is 1.01. The summed E-state index contributed by atoms with van der Waals surface area (Å²) in [6, 6.07) is 6.75. The number of nitrogens with two attached hydrogens (primary N) is 1. The molecule has 2 atom stereocenters. The Balaban J connectivity index is 2.84. The number of rotatable bonds is 6. The predicted molar refractivity (Wildman–Crippen MR) is 76.4 cm³/mol. The lowest BCUT2D eigenvalue weighted by Crippen LogP contribution is -2.48. The number of aryl methyl sites for hydroxylation is 2. The van der Waals surface area contributed by atoms with E-state index in [1.165, 1.54) is 16.7 Å². The third kappa shape index (κ3) is 4.09. The molecule has 1 aromatic carbocycles. The zero-order valence-corrected chi connectivity index (χ0v) is 12.2. The predicted octanol–water partition coefficient (Wildman–Crippen LogP) is 2.35. The summed E-state index contributed by atoms with van der Waals surface area (Å²) in [7, 11) is 1.75. The van der Waals surface area contributed by atoms with Gasteiger partial charge in [0.1, 0.15) is 0 Å². The van der Waals surface area contributed by atoms with E-state index in [0.717, 1.165) is 6.42 Å². The summed E-state index contributed by atoms with van der Waals surface area (Å²) in [4.78, 5) is 0. The maximum Gasteiger partial charge on any atom is 0.0763 e. The van der Waals surface area contributed by atoms with Crippen LogP contribution in [0.3, 0.4) is 0 Å². The topological polar surface area (TPSA) is 47.3 Å². The van der Waals surface area contributed by atoms with E-state index < -0.39 is 0 Å². The smallest absolute Gasteiger partial charge is 0.0763 e. The zero-order valence-electron chi connectivity index (χ0n) is 12.2. The molecule has 0 saturated carbocycles. The molecule has 0 aliphatic carbocycles. The van der Waals surface area contributed by atoms with Crippen LogP contribution in [0.2, 0.25) is 0 Å². The number of hydrazine groups is 1. The van der Waals surface area contributed by atoms with Crippen LogP contribution in [0.25, 0.3) is 0 Å². The van der Waals surface area contributed by atoms with Crippen LogP contribution in [-0.4, -0.2) is 19.3 Å². The lowest BCUT2D eigenvalue weighted by molar-refractivity contribution is 0.0332. The number of benzene rings is 1. The van der Waals surface area contributed by atoms with E-state index in [1.807, 2.05) is 0 Å². The Hall–Kier alpha value is -0.900. The molecular formula is C15H26N2O. The van der Waals surface area contributed by atoms with Gasteiger partial charge in [-0.3, -0.25) is 11.3 Å². The van der Waals surface area contributed by atoms with Crippen molar-refractivity contribution in [1.82, 2.24) is 5.43 Å². The first-order chi connectivity index (χ1) is 8.47. The first kappa shape index (κ1) is 15.2. The van der Waals surface area contributed by atoms with E-state index in [2.05, 4.69) is 51.3 Å². The van der Waals surface area contributed by atoms with Gasteiger partial charge in [0, 0.05) is 7.11 Å². The highest BCUT2D eigenvalue weighted by atomic mass is 16.5. The molecule has 3 N–H and O–H groups in total. The molecule has 2 unspecified atom stereocenters. The fourth-order valence-corrected chi connectivity index (χ4v) is 2.61. The largest absolute Gasteiger partial charge is 0.380 e. The molecule has 0 amide bonds. The molecule has 3 heteroatoms. The highest BCUT2D eigenvalue weighted by Crippen LogP contribution is 2.16. The Kier molecular flexibility index (Phi) is 5.79. The Bertz CT molecular complexity index is 357. The molecule has 1 rings (SSSR count). The molecule has 0 aliphatic rings. The summed E-state index contributed by atoms with van der Waals surface area (Å²) in [6.45, 7) is 8.55. The van der Waals surface area contributed by atoms with Crippen LogP contribution in [-0.2, 0) is 11.2 Å². The van der Waals surface area contributed by atoms with Crippen molar-refractivity contribution in [2.75, 3.05) is 7.11 Å². The van der Waals surface area contributed by atoms with Crippen LogP contribution in [0.5, 0.6) is 0 Å². The van der Waals surface area contributed by atoms with Crippen LogP contribution in [0.1, 0.15) is 30.5 Å². The normalized spacial score (nSPS) is 14.8. The number of nitrogens with one attached hydrogen (secondary N) is 1. The zero-order chi connectivity index (χ0) is 13.7. The van der Waals surface area contributed by atoms with Crippen LogP contribution < -0.4 is 11.3 Å². The van der Waals surface area contributed by atoms with Gasteiger partial charge < -0.3 is 4.74 Å². The van der Waals surface area contributed by atoms with Gasteiger partial charge in [-0.05, 0) is 31.7 Å². The van der Waals surface area contributed by atoms with E-state index in [-0.39, 0.29) is 12.1 Å². The minimum Gasteiger partial charge on any atom is -0.380 e. The third-order valence-corrected chi connectivity index (χ3v) is 3.28. The molecule has 0 aromatic heterocycles. The van der Waals surface area contributed by atoms with Crippen molar-refractivity contribution in [1.29, 1.82) is 0 Å². The quantitative estimate of drug-likeness (QED) is 0.602. The number of methoxy groups -OCH3 is 1. The summed E-state index contributed by atoms with van der Waals surface area (Å²) in [5.74, 6) is 6.11. The summed E-state index contributed by atoms with van der Waals surface area (Å²) < 4.78 is 5.55. The van der Waals surface area contributed by atoms with Crippen molar-refractivity contribution in [3.8, 4) is 0 Å². The molecule has 102 valence electrons. The van der Waals surface area contributed by atoms with Crippen LogP contribution in [0.4, 0.5) is 0 Å². The van der Waals surface area contributed by atoms with E-state index in [4.69, 9.17) is 10.6 Å². The average molecular weight is 250 g/mol. The molecule has 1 aromatic rings. The molecule has 0 saturated heterocycles. The van der Waals surface area contributed by atoms with E-state index >= 15 is 0 Å². The Morgan fingerprint density at radius 1 is 1.17 bits per heavy atom. The van der Waals surface area contributed by atoms with Gasteiger partial charge in [-0.15, -0.1) is 0 Å². The standard InChI is InChI=1S/C15H26N2O/c1-10(2)15(18-5)14(17-16)9-13-7-11(3)6-12(4)8-13/h6-8,10,14-15,17H,9,16H2,1-5H3. The van der Waals surface area contributed by atoms with Crippen molar-refractivity contribution < 1.29 is 4.74 Å². The summed E-state index contributed by atoms with van der Waals surface area (Å²) >= 11 is 0. The second-order valence-electron chi connectivity index (χ2n) is 5.42. The molecular weight excluding hydrogens is 224 g/mol. The number of ether oxygens (including phenoxy) is 1. The van der Waals surface area contributed by atoms with Crippen molar-refractivity contribution in [2.45, 2.75) is 46.3 Å². The Labute approximate surface area is 111 Å². The van der Waals surface area contributed by atoms with E-state index in [0.29, 0.717) is 5.92 Å². The van der Waals surface area contributed by atoms with Crippen molar-refractivity contribution >= 4 is 0 Å². The molecule has 0 radical (unpaired) electrons. The van der Waals surface area contributed by atoms with Gasteiger partial charge in [-0.25, -0.2) is 0 Å². The Morgan fingerprint density at radius 3 is 2.11 bits per heavy atom. The lowest BCUT2D eigenvalue weighted by Gasteiger charge is -2.28. The first-order valence-electron chi connectivity index (χ1n) is 6.54. The Morgan fingerprint density at radius 2 is 1.72 bits per heavy atom. The molecule has 3 nitrogen and oxygen atoms in total. The van der Waals surface area contributed by atoms with Gasteiger partial charge in [0.05, 0.1) is 12.1 Å². The second-order valence-corrected chi connectivity index (χ2v) is 5.42. The van der Waals surface area contributed by atoms with Crippen LogP contribution in [0.15, 0.2) is 18.2 Å². The monoisotopic (exact) mass is 250 g/mol. The van der Waals surface area contributed by atoms with Gasteiger partial charge in [0.15, 0.2) is 0 Å². The number of hydrogen-bond donors (Lipinski definition) is 2. The van der Waals surface area contributed by atoms with Gasteiger partial charge in [0.25, 0.3) is 0 Å². The van der Waals surface area contributed by atoms with Gasteiger partial charge in [-0.2, -0.15) is 0 Å². The molecule has 0 aliphatic heterocycles. The third-order valence-electron chi connectivity index (χ3n) is 3.28. The fraction of sp³-hybridized carbons (Fsp3) is 0.600. The van der Waals surface area contributed by atoms with Crippen LogP contribution in [0, 0.1) is 19.8 Å². The highest BCUT2D eigenvalue weighted by molar-refractivity contribution is 5.29. The molecule has 0 bridgehead atoms. The average Bonchev–Trinajstić information content (AvgIpc) is 2.26. The van der Waals surface area contributed by atoms with E-state index in [1.54, 1.807) is 7.11 Å².